The van der Waals surface area contributed by atoms with Crippen LogP contribution in [0.2, 0.25) is 0 Å². The van der Waals surface area contributed by atoms with E-state index >= 15 is 0 Å². The molecule has 90 valence electrons. The topological polar surface area (TPSA) is 63.6 Å². The summed E-state index contributed by atoms with van der Waals surface area (Å²) >= 11 is 0. The molecule has 1 fully saturated rings. The lowest BCUT2D eigenvalue weighted by Gasteiger charge is -2.22. The van der Waals surface area contributed by atoms with E-state index in [2.05, 4.69) is 5.32 Å². The van der Waals surface area contributed by atoms with Crippen molar-refractivity contribution in [2.24, 2.45) is 0 Å². The molecule has 2 N–H and O–H groups in total. The molecule has 5 heteroatoms. The number of fused-ring (bicyclic) bond motifs is 2. The normalized spacial score (nSPS) is 20.4. The van der Waals surface area contributed by atoms with Gasteiger partial charge in [0.25, 0.3) is 5.91 Å². The van der Waals surface area contributed by atoms with Crippen molar-refractivity contribution in [3.63, 3.8) is 0 Å². The molecule has 3 rings (SSSR count). The van der Waals surface area contributed by atoms with Crippen molar-refractivity contribution in [3.05, 3.63) is 29.3 Å². The standard InChI is InChI=1S/C12H14N2O3/c1-2-15-8-3-4-10-9(7-8)11(13)14-12(10)16-5-6-17-12/h3-4,7H,2,5-6H2,1H3,(H2,13,14). The van der Waals surface area contributed by atoms with Crippen molar-refractivity contribution in [2.75, 3.05) is 19.8 Å². The second-order valence-electron chi connectivity index (χ2n) is 3.95. The second kappa shape index (κ2) is 3.72. The molecule has 0 aromatic heterocycles. The summed E-state index contributed by atoms with van der Waals surface area (Å²) in [5.74, 6) is 0.119. The van der Waals surface area contributed by atoms with Gasteiger partial charge >= 0.3 is 0 Å². The molecule has 0 unspecified atom stereocenters. The first-order valence-electron chi connectivity index (χ1n) is 5.67. The van der Waals surface area contributed by atoms with Crippen LogP contribution in [0.15, 0.2) is 18.2 Å². The molecule has 2 heterocycles. The fourth-order valence-corrected chi connectivity index (χ4v) is 2.21. The van der Waals surface area contributed by atoms with Crippen LogP contribution in [0.3, 0.4) is 0 Å². The molecular formula is C12H14N2O3. The minimum Gasteiger partial charge on any atom is -0.494 e. The fourth-order valence-electron chi connectivity index (χ4n) is 2.21. The van der Waals surface area contributed by atoms with Gasteiger partial charge in [-0.2, -0.15) is 0 Å². The minimum atomic E-state index is -0.947. The number of ether oxygens (including phenoxy) is 3. The second-order valence-corrected chi connectivity index (χ2v) is 3.95. The molecule has 0 radical (unpaired) electrons. The molecule has 1 aromatic rings. The van der Waals surface area contributed by atoms with E-state index in [0.717, 1.165) is 16.9 Å². The van der Waals surface area contributed by atoms with Crippen molar-refractivity contribution >= 4 is 5.84 Å². The van der Waals surface area contributed by atoms with Crippen LogP contribution >= 0.6 is 0 Å². The van der Waals surface area contributed by atoms with Crippen molar-refractivity contribution in [1.29, 1.82) is 5.41 Å². The Kier molecular flexibility index (Phi) is 2.31. The van der Waals surface area contributed by atoms with Crippen molar-refractivity contribution in [2.45, 2.75) is 12.8 Å². The van der Waals surface area contributed by atoms with Gasteiger partial charge in [-0.05, 0) is 25.1 Å². The van der Waals surface area contributed by atoms with Crippen LogP contribution in [0, 0.1) is 5.41 Å². The Morgan fingerprint density at radius 2 is 2.18 bits per heavy atom. The zero-order valence-electron chi connectivity index (χ0n) is 9.58. The average molecular weight is 234 g/mol. The number of benzene rings is 1. The lowest BCUT2D eigenvalue weighted by molar-refractivity contribution is -0.173. The monoisotopic (exact) mass is 234 g/mol. The Hall–Kier alpha value is -1.59. The zero-order chi connectivity index (χ0) is 11.9. The Morgan fingerprint density at radius 1 is 1.41 bits per heavy atom. The highest BCUT2D eigenvalue weighted by atomic mass is 16.8. The molecule has 0 amide bonds. The minimum absolute atomic E-state index is 0.309. The molecule has 0 bridgehead atoms. The third kappa shape index (κ3) is 1.50. The number of hydrogen-bond donors (Lipinski definition) is 2. The molecule has 17 heavy (non-hydrogen) atoms. The van der Waals surface area contributed by atoms with Crippen LogP contribution in [-0.4, -0.2) is 25.7 Å². The number of nitrogens with one attached hydrogen (secondary N) is 2. The summed E-state index contributed by atoms with van der Waals surface area (Å²) in [6, 6.07) is 5.60. The Balaban J connectivity index is 2.04. The van der Waals surface area contributed by atoms with Crippen molar-refractivity contribution in [1.82, 2.24) is 5.32 Å². The molecule has 0 atom stereocenters. The van der Waals surface area contributed by atoms with E-state index in [1.54, 1.807) is 0 Å². The van der Waals surface area contributed by atoms with Crippen LogP contribution < -0.4 is 10.1 Å². The van der Waals surface area contributed by atoms with Crippen LogP contribution in [0.4, 0.5) is 0 Å². The van der Waals surface area contributed by atoms with Crippen LogP contribution in [0.5, 0.6) is 5.75 Å². The predicted molar refractivity (Wildman–Crippen MR) is 61.2 cm³/mol. The maximum atomic E-state index is 7.92. The van der Waals surface area contributed by atoms with E-state index in [-0.39, 0.29) is 0 Å². The summed E-state index contributed by atoms with van der Waals surface area (Å²) < 4.78 is 16.6. The molecular weight excluding hydrogens is 220 g/mol. The van der Waals surface area contributed by atoms with E-state index in [1.807, 2.05) is 25.1 Å². The zero-order valence-corrected chi connectivity index (χ0v) is 9.58. The Morgan fingerprint density at radius 3 is 2.88 bits per heavy atom. The van der Waals surface area contributed by atoms with Gasteiger partial charge in [-0.3, -0.25) is 5.41 Å². The van der Waals surface area contributed by atoms with Crippen LogP contribution in [0.1, 0.15) is 18.1 Å². The van der Waals surface area contributed by atoms with Gasteiger partial charge in [0.2, 0.25) is 0 Å². The smallest absolute Gasteiger partial charge is 0.279 e. The van der Waals surface area contributed by atoms with Crippen molar-refractivity contribution in [3.8, 4) is 5.75 Å². The van der Waals surface area contributed by atoms with E-state index in [1.165, 1.54) is 0 Å². The average Bonchev–Trinajstić information content (AvgIpc) is 2.88. The summed E-state index contributed by atoms with van der Waals surface area (Å²) in [7, 11) is 0. The van der Waals surface area contributed by atoms with Gasteiger partial charge in [-0.1, -0.05) is 0 Å². The van der Waals surface area contributed by atoms with Gasteiger partial charge in [0, 0.05) is 11.1 Å². The molecule has 1 aromatic carbocycles. The number of amidine groups is 1. The van der Waals surface area contributed by atoms with E-state index in [4.69, 9.17) is 19.6 Å². The first-order valence-corrected chi connectivity index (χ1v) is 5.67. The summed E-state index contributed by atoms with van der Waals surface area (Å²) in [4.78, 5) is 0. The Labute approximate surface area is 99.2 Å². The van der Waals surface area contributed by atoms with Crippen LogP contribution in [0.25, 0.3) is 0 Å². The summed E-state index contributed by atoms with van der Waals surface area (Å²) in [6.45, 7) is 3.61. The van der Waals surface area contributed by atoms with Gasteiger partial charge in [0.1, 0.15) is 11.6 Å². The van der Waals surface area contributed by atoms with Crippen molar-refractivity contribution < 1.29 is 14.2 Å². The first kappa shape index (κ1) is 10.6. The maximum absolute atomic E-state index is 7.92. The Bertz CT molecular complexity index is 467. The number of rotatable bonds is 2. The third-order valence-electron chi connectivity index (χ3n) is 2.91. The molecule has 1 saturated heterocycles. The predicted octanol–water partition coefficient (Wildman–Crippen LogP) is 1.17. The molecule has 0 aliphatic carbocycles. The SMILES string of the molecule is CCOc1ccc2c(c1)C(=N)NC21OCCO1. The highest BCUT2D eigenvalue weighted by molar-refractivity contribution is 6.01. The summed E-state index contributed by atoms with van der Waals surface area (Å²) in [5.41, 5.74) is 1.63. The number of hydrogen-bond acceptors (Lipinski definition) is 4. The van der Waals surface area contributed by atoms with E-state index in [0.29, 0.717) is 25.7 Å². The first-order chi connectivity index (χ1) is 8.25. The maximum Gasteiger partial charge on any atom is 0.279 e. The highest BCUT2D eigenvalue weighted by Gasteiger charge is 2.46. The molecule has 0 saturated carbocycles. The van der Waals surface area contributed by atoms with E-state index < -0.39 is 5.91 Å². The third-order valence-corrected chi connectivity index (χ3v) is 2.91. The van der Waals surface area contributed by atoms with Gasteiger partial charge in [-0.25, -0.2) is 0 Å². The van der Waals surface area contributed by atoms with Gasteiger partial charge < -0.3 is 19.5 Å². The molecule has 2 aliphatic heterocycles. The highest BCUT2D eigenvalue weighted by Crippen LogP contribution is 2.37. The van der Waals surface area contributed by atoms with E-state index in [9.17, 15) is 0 Å². The lowest BCUT2D eigenvalue weighted by Crippen LogP contribution is -2.40. The van der Waals surface area contributed by atoms with Crippen LogP contribution in [-0.2, 0) is 15.4 Å². The molecule has 2 aliphatic rings. The van der Waals surface area contributed by atoms with Gasteiger partial charge in [0.05, 0.1) is 19.8 Å². The lowest BCUT2D eigenvalue weighted by atomic mass is 10.1. The fraction of sp³-hybridized carbons (Fsp3) is 0.417. The quantitative estimate of drug-likeness (QED) is 0.806. The van der Waals surface area contributed by atoms with Gasteiger partial charge in [0.15, 0.2) is 0 Å². The molecule has 1 spiro atoms. The largest absolute Gasteiger partial charge is 0.494 e. The summed E-state index contributed by atoms with van der Waals surface area (Å²) in [5, 5.41) is 10.9. The van der Waals surface area contributed by atoms with Gasteiger partial charge in [-0.15, -0.1) is 0 Å². The molecule has 5 nitrogen and oxygen atoms in total. The summed E-state index contributed by atoms with van der Waals surface area (Å²) in [6.07, 6.45) is 0.